The lowest BCUT2D eigenvalue weighted by Crippen LogP contribution is -2.59. The number of aromatic amines is 1. The molecule has 3 atom stereocenters. The summed E-state index contributed by atoms with van der Waals surface area (Å²) in [5, 5.41) is 18.5. The number of rotatable bonds is 3. The largest absolute Gasteiger partial charge is 0.465 e. The molecule has 3 heterocycles. The summed E-state index contributed by atoms with van der Waals surface area (Å²) in [7, 11) is 1.48. The van der Waals surface area contributed by atoms with Gasteiger partial charge >= 0.3 is 6.09 Å². The van der Waals surface area contributed by atoms with Crippen molar-refractivity contribution in [1.82, 2.24) is 25.3 Å². The molecule has 4 rings (SSSR count). The van der Waals surface area contributed by atoms with Crippen molar-refractivity contribution in [2.24, 2.45) is 0 Å². The smallest absolute Gasteiger partial charge is 0.404 e. The van der Waals surface area contributed by atoms with E-state index in [9.17, 15) is 23.5 Å². The highest BCUT2D eigenvalue weighted by Crippen LogP contribution is 2.36. The van der Waals surface area contributed by atoms with E-state index in [-0.39, 0.29) is 17.9 Å². The highest BCUT2D eigenvalue weighted by Gasteiger charge is 2.45. The molecule has 0 aliphatic carbocycles. The quantitative estimate of drug-likeness (QED) is 0.738. The minimum absolute atomic E-state index is 0.0520. The van der Waals surface area contributed by atoms with Crippen molar-refractivity contribution in [2.45, 2.75) is 37.6 Å². The monoisotopic (exact) mass is 391 g/mol. The van der Waals surface area contributed by atoms with E-state index in [2.05, 4.69) is 15.5 Å². The molecule has 10 heteroatoms. The molecule has 28 heavy (non-hydrogen) atoms. The number of nitrogens with zero attached hydrogens (tertiary/aromatic N) is 3. The first-order valence-corrected chi connectivity index (χ1v) is 8.81. The first-order chi connectivity index (χ1) is 13.3. The number of hydrogen-bond acceptors (Lipinski definition) is 4. The van der Waals surface area contributed by atoms with Gasteiger partial charge in [0.25, 0.3) is 0 Å². The van der Waals surface area contributed by atoms with Crippen LogP contribution in [-0.4, -0.2) is 56.2 Å². The zero-order chi connectivity index (χ0) is 20.0. The predicted molar refractivity (Wildman–Crippen MR) is 93.1 cm³/mol. The Morgan fingerprint density at radius 2 is 2.14 bits per heavy atom. The lowest BCUT2D eigenvalue weighted by Gasteiger charge is -2.45. The summed E-state index contributed by atoms with van der Waals surface area (Å²) >= 11 is 0. The van der Waals surface area contributed by atoms with Gasteiger partial charge in [0, 0.05) is 31.3 Å². The highest BCUT2D eigenvalue weighted by molar-refractivity contribution is 5.84. The summed E-state index contributed by atoms with van der Waals surface area (Å²) in [5.74, 6) is -1.61. The van der Waals surface area contributed by atoms with Crippen LogP contribution in [0.1, 0.15) is 29.3 Å². The molecule has 1 fully saturated rings. The third-order valence-electron chi connectivity index (χ3n) is 5.48. The Kier molecular flexibility index (Phi) is 4.50. The summed E-state index contributed by atoms with van der Waals surface area (Å²) in [5.41, 5.74) is 1.84. The topological polar surface area (TPSA) is 102 Å². The molecule has 2 aliphatic rings. The van der Waals surface area contributed by atoms with Crippen molar-refractivity contribution < 1.29 is 23.5 Å². The Morgan fingerprint density at radius 3 is 2.86 bits per heavy atom. The number of H-pyrrole nitrogens is 1. The molecule has 2 aliphatic heterocycles. The molecule has 1 saturated heterocycles. The van der Waals surface area contributed by atoms with Gasteiger partial charge in [-0.15, -0.1) is 0 Å². The van der Waals surface area contributed by atoms with E-state index < -0.39 is 35.9 Å². The number of carbonyl (C=O) groups is 2. The summed E-state index contributed by atoms with van der Waals surface area (Å²) in [6.07, 6.45) is 0.557. The number of nitrogens with one attached hydrogen (secondary N) is 2. The zero-order valence-corrected chi connectivity index (χ0v) is 15.0. The van der Waals surface area contributed by atoms with Crippen molar-refractivity contribution in [3.8, 4) is 0 Å². The van der Waals surface area contributed by atoms with Crippen LogP contribution in [0.2, 0.25) is 0 Å². The Morgan fingerprint density at radius 1 is 1.36 bits per heavy atom. The Hall–Kier alpha value is -3.01. The number of carbonyl (C=O) groups excluding carboxylic acids is 1. The third-order valence-corrected chi connectivity index (χ3v) is 5.48. The van der Waals surface area contributed by atoms with Crippen LogP contribution >= 0.6 is 0 Å². The first kappa shape index (κ1) is 18.4. The number of fused-ring (bicyclic) bond motifs is 1. The molecule has 3 N–H and O–H groups in total. The second kappa shape index (κ2) is 6.86. The van der Waals surface area contributed by atoms with Gasteiger partial charge in [0.1, 0.15) is 11.6 Å². The summed E-state index contributed by atoms with van der Waals surface area (Å²) < 4.78 is 28.1. The number of carboxylic acid groups (broad SMARTS) is 1. The predicted octanol–water partition coefficient (Wildman–Crippen LogP) is 1.61. The summed E-state index contributed by atoms with van der Waals surface area (Å²) in [4.78, 5) is 27.6. The molecule has 8 nitrogen and oxygen atoms in total. The molecule has 0 radical (unpaired) electrons. The number of likely N-dealkylation sites (N-methyl/N-ethyl adjacent to an activating group) is 1. The van der Waals surface area contributed by atoms with Gasteiger partial charge in [0.05, 0.1) is 30.0 Å². The van der Waals surface area contributed by atoms with Crippen LogP contribution in [0.25, 0.3) is 0 Å². The van der Waals surface area contributed by atoms with E-state index in [4.69, 9.17) is 0 Å². The Balaban J connectivity index is 1.65. The maximum absolute atomic E-state index is 14.4. The summed E-state index contributed by atoms with van der Waals surface area (Å²) in [6, 6.07) is 0.643. The average molecular weight is 391 g/mol. The van der Waals surface area contributed by atoms with Gasteiger partial charge in [-0.1, -0.05) is 0 Å². The second-order valence-corrected chi connectivity index (χ2v) is 7.15. The van der Waals surface area contributed by atoms with E-state index in [1.165, 1.54) is 11.9 Å². The van der Waals surface area contributed by atoms with Gasteiger partial charge in [-0.2, -0.15) is 5.10 Å². The van der Waals surface area contributed by atoms with Crippen LogP contribution in [-0.2, 0) is 17.9 Å². The van der Waals surface area contributed by atoms with Crippen LogP contribution in [0.3, 0.4) is 0 Å². The number of aromatic nitrogens is 2. The van der Waals surface area contributed by atoms with Crippen LogP contribution < -0.4 is 5.32 Å². The molecule has 0 saturated carbocycles. The van der Waals surface area contributed by atoms with Gasteiger partial charge < -0.3 is 15.3 Å². The summed E-state index contributed by atoms with van der Waals surface area (Å²) in [6.45, 7) is 0.993. The Labute approximate surface area is 159 Å². The second-order valence-electron chi connectivity index (χ2n) is 7.15. The molecule has 0 bridgehead atoms. The maximum atomic E-state index is 14.4. The third kappa shape index (κ3) is 3.09. The van der Waals surface area contributed by atoms with E-state index >= 15 is 0 Å². The fraction of sp³-hybridized carbons (Fsp3) is 0.389. The molecule has 2 amide bonds. The first-order valence-electron chi connectivity index (χ1n) is 8.81. The van der Waals surface area contributed by atoms with Crippen molar-refractivity contribution in [2.75, 3.05) is 7.05 Å². The van der Waals surface area contributed by atoms with Gasteiger partial charge in [-0.3, -0.25) is 14.8 Å². The fourth-order valence-corrected chi connectivity index (χ4v) is 4.19. The molecule has 1 aromatic heterocycles. The van der Waals surface area contributed by atoms with Crippen molar-refractivity contribution in [1.29, 1.82) is 0 Å². The molecule has 148 valence electrons. The fourth-order valence-electron chi connectivity index (χ4n) is 4.19. The van der Waals surface area contributed by atoms with Gasteiger partial charge in [0.15, 0.2) is 0 Å². The van der Waals surface area contributed by atoms with Crippen molar-refractivity contribution in [3.05, 3.63) is 52.9 Å². The van der Waals surface area contributed by atoms with Crippen LogP contribution in [0.15, 0.2) is 24.4 Å². The number of hydrogen-bond donors (Lipinski definition) is 3. The van der Waals surface area contributed by atoms with E-state index in [0.29, 0.717) is 13.1 Å². The minimum Gasteiger partial charge on any atom is -0.465 e. The number of halogens is 2. The maximum Gasteiger partial charge on any atom is 0.404 e. The normalized spacial score (nSPS) is 25.0. The minimum atomic E-state index is -1.29. The number of piperidine rings is 1. The average Bonchev–Trinajstić information content (AvgIpc) is 3.22. The van der Waals surface area contributed by atoms with E-state index in [1.54, 1.807) is 6.20 Å². The van der Waals surface area contributed by atoms with E-state index in [1.807, 2.05) is 4.90 Å². The molecular formula is C18H19F2N5O3. The SMILES string of the molecule is CN1C(=O)[C@H](N2Cc3cn[nH]c3C2)C[C@H](NC(=O)O)[C@@H]1c1cc(F)ccc1F. The highest BCUT2D eigenvalue weighted by atomic mass is 19.1. The molecule has 0 spiro atoms. The van der Waals surface area contributed by atoms with E-state index in [0.717, 1.165) is 29.5 Å². The van der Waals surface area contributed by atoms with Crippen LogP contribution in [0.4, 0.5) is 13.6 Å². The van der Waals surface area contributed by atoms with Gasteiger partial charge in [0.2, 0.25) is 5.91 Å². The van der Waals surface area contributed by atoms with Crippen molar-refractivity contribution >= 4 is 12.0 Å². The molecule has 1 aromatic carbocycles. The van der Waals surface area contributed by atoms with Crippen LogP contribution in [0, 0.1) is 11.6 Å². The van der Waals surface area contributed by atoms with Gasteiger partial charge in [-0.25, -0.2) is 13.6 Å². The zero-order valence-electron chi connectivity index (χ0n) is 15.0. The lowest BCUT2D eigenvalue weighted by molar-refractivity contribution is -0.144. The molecule has 0 unspecified atom stereocenters. The molecular weight excluding hydrogens is 372 g/mol. The Bertz CT molecular complexity index is 913. The standard InChI is InChI=1S/C18H19F2N5O3/c1-24-16(11-4-10(19)2-3-12(11)20)13(22-18(27)28)5-15(17(24)26)25-7-9-6-21-23-14(9)8-25/h2-4,6,13,15-16,22H,5,7-8H2,1H3,(H,21,23)(H,27,28)/t13-,15+,16-/m0/s1. The number of likely N-dealkylation sites (tertiary alicyclic amines) is 1. The lowest BCUT2D eigenvalue weighted by atomic mass is 9.87. The number of amides is 2. The van der Waals surface area contributed by atoms with Crippen LogP contribution in [0.5, 0.6) is 0 Å². The molecule has 2 aromatic rings. The number of benzene rings is 1. The van der Waals surface area contributed by atoms with Crippen molar-refractivity contribution in [3.63, 3.8) is 0 Å². The van der Waals surface area contributed by atoms with Gasteiger partial charge in [-0.05, 0) is 24.6 Å².